The first-order chi connectivity index (χ1) is 9.19. The molecule has 1 saturated heterocycles. The molecule has 2 unspecified atom stereocenters. The monoisotopic (exact) mass is 260 g/mol. The summed E-state index contributed by atoms with van der Waals surface area (Å²) in [5.74, 6) is 0.779. The molecule has 1 fully saturated rings. The fourth-order valence-electron chi connectivity index (χ4n) is 3.13. The van der Waals surface area contributed by atoms with Gasteiger partial charge in [0.25, 0.3) is 0 Å². The highest BCUT2D eigenvalue weighted by Crippen LogP contribution is 2.22. The molecule has 106 valence electrons. The van der Waals surface area contributed by atoms with E-state index in [-0.39, 0.29) is 0 Å². The highest BCUT2D eigenvalue weighted by Gasteiger charge is 2.23. The Morgan fingerprint density at radius 2 is 2.26 bits per heavy atom. The van der Waals surface area contributed by atoms with Crippen LogP contribution in [0.5, 0.6) is 0 Å². The topological polar surface area (TPSA) is 15.3 Å². The Morgan fingerprint density at radius 1 is 1.42 bits per heavy atom. The number of nitrogens with one attached hydrogen (secondary N) is 1. The summed E-state index contributed by atoms with van der Waals surface area (Å²) in [6.07, 6.45) is 3.98. The van der Waals surface area contributed by atoms with E-state index in [9.17, 15) is 0 Å². The number of aryl methyl sites for hydroxylation is 1. The minimum atomic E-state index is 0.557. The molecule has 19 heavy (non-hydrogen) atoms. The Hall–Kier alpha value is -1.02. The molecule has 1 aromatic rings. The van der Waals surface area contributed by atoms with Crippen LogP contribution in [0.15, 0.2) is 24.3 Å². The highest BCUT2D eigenvalue weighted by atomic mass is 15.1. The van der Waals surface area contributed by atoms with Crippen LogP contribution < -0.4 is 5.32 Å². The average Bonchev–Trinajstić information content (AvgIpc) is 2.39. The summed E-state index contributed by atoms with van der Waals surface area (Å²) in [6, 6.07) is 9.26. The van der Waals surface area contributed by atoms with Crippen molar-refractivity contribution in [1.82, 2.24) is 4.90 Å². The van der Waals surface area contributed by atoms with E-state index >= 15 is 0 Å². The summed E-state index contributed by atoms with van der Waals surface area (Å²) >= 11 is 0. The lowest BCUT2D eigenvalue weighted by Gasteiger charge is -2.36. The molecule has 0 amide bonds. The molecule has 1 aliphatic heterocycles. The van der Waals surface area contributed by atoms with E-state index in [1.807, 2.05) is 0 Å². The lowest BCUT2D eigenvalue weighted by Crippen LogP contribution is -2.42. The lowest BCUT2D eigenvalue weighted by atomic mass is 9.91. The van der Waals surface area contributed by atoms with E-state index in [1.54, 1.807) is 0 Å². The van der Waals surface area contributed by atoms with Crippen molar-refractivity contribution in [3.63, 3.8) is 0 Å². The number of hydrogen-bond acceptors (Lipinski definition) is 2. The van der Waals surface area contributed by atoms with Gasteiger partial charge in [0.2, 0.25) is 0 Å². The number of nitrogens with zero attached hydrogens (tertiary/aromatic N) is 1. The number of anilines is 1. The van der Waals surface area contributed by atoms with Gasteiger partial charge in [-0.3, -0.25) is 0 Å². The minimum absolute atomic E-state index is 0.557. The fraction of sp³-hybridized carbons (Fsp3) is 0.647. The molecule has 1 aromatic carbocycles. The predicted molar refractivity (Wildman–Crippen MR) is 83.7 cm³/mol. The smallest absolute Gasteiger partial charge is 0.0344 e. The van der Waals surface area contributed by atoms with Crippen LogP contribution >= 0.6 is 0 Å². The number of piperidine rings is 1. The molecule has 2 rings (SSSR count). The summed E-state index contributed by atoms with van der Waals surface area (Å²) in [4.78, 5) is 2.63. The SMILES string of the molecule is CCCN1CCCC(C(C)Nc2cccc(C)c2)C1. The Kier molecular flexibility index (Phi) is 5.26. The Morgan fingerprint density at radius 3 is 3.00 bits per heavy atom. The number of likely N-dealkylation sites (tertiary alicyclic amines) is 1. The molecule has 1 aliphatic rings. The summed E-state index contributed by atoms with van der Waals surface area (Å²) in [6.45, 7) is 10.6. The van der Waals surface area contributed by atoms with Gasteiger partial charge in [0, 0.05) is 18.3 Å². The van der Waals surface area contributed by atoms with Gasteiger partial charge in [0.15, 0.2) is 0 Å². The largest absolute Gasteiger partial charge is 0.382 e. The van der Waals surface area contributed by atoms with E-state index < -0.39 is 0 Å². The van der Waals surface area contributed by atoms with Gasteiger partial charge >= 0.3 is 0 Å². The average molecular weight is 260 g/mol. The van der Waals surface area contributed by atoms with Crippen molar-refractivity contribution in [2.24, 2.45) is 5.92 Å². The first-order valence-electron chi connectivity index (χ1n) is 7.74. The summed E-state index contributed by atoms with van der Waals surface area (Å²) in [5, 5.41) is 3.69. The molecular formula is C17H28N2. The molecule has 0 aromatic heterocycles. The van der Waals surface area contributed by atoms with Gasteiger partial charge in [0.1, 0.15) is 0 Å². The van der Waals surface area contributed by atoms with E-state index in [1.165, 1.54) is 50.1 Å². The third-order valence-corrected chi connectivity index (χ3v) is 4.20. The van der Waals surface area contributed by atoms with E-state index in [0.29, 0.717) is 6.04 Å². The third kappa shape index (κ3) is 4.24. The molecule has 0 saturated carbocycles. The molecule has 2 atom stereocenters. The predicted octanol–water partition coefficient (Wildman–Crippen LogP) is 3.92. The number of benzene rings is 1. The summed E-state index contributed by atoms with van der Waals surface area (Å²) < 4.78 is 0. The van der Waals surface area contributed by atoms with Crippen molar-refractivity contribution >= 4 is 5.69 Å². The van der Waals surface area contributed by atoms with Gasteiger partial charge < -0.3 is 10.2 Å². The summed E-state index contributed by atoms with van der Waals surface area (Å²) in [5.41, 5.74) is 2.59. The van der Waals surface area contributed by atoms with Crippen molar-refractivity contribution in [2.75, 3.05) is 25.0 Å². The number of rotatable bonds is 5. The molecule has 0 bridgehead atoms. The van der Waals surface area contributed by atoms with Crippen LogP contribution in [0.2, 0.25) is 0 Å². The third-order valence-electron chi connectivity index (χ3n) is 4.20. The van der Waals surface area contributed by atoms with Crippen molar-refractivity contribution in [3.8, 4) is 0 Å². The second kappa shape index (κ2) is 6.95. The van der Waals surface area contributed by atoms with Crippen LogP contribution in [0.1, 0.15) is 38.7 Å². The van der Waals surface area contributed by atoms with Crippen molar-refractivity contribution < 1.29 is 0 Å². The second-order valence-corrected chi connectivity index (χ2v) is 6.01. The van der Waals surface area contributed by atoms with E-state index in [2.05, 4.69) is 55.3 Å². The minimum Gasteiger partial charge on any atom is -0.382 e. The van der Waals surface area contributed by atoms with E-state index in [4.69, 9.17) is 0 Å². The maximum atomic E-state index is 3.69. The van der Waals surface area contributed by atoms with Gasteiger partial charge in [-0.1, -0.05) is 19.1 Å². The quantitative estimate of drug-likeness (QED) is 0.863. The first-order valence-corrected chi connectivity index (χ1v) is 7.74. The van der Waals surface area contributed by atoms with Crippen LogP contribution in [0, 0.1) is 12.8 Å². The maximum Gasteiger partial charge on any atom is 0.0344 e. The van der Waals surface area contributed by atoms with Crippen LogP contribution in [0.3, 0.4) is 0 Å². The van der Waals surface area contributed by atoms with Crippen molar-refractivity contribution in [3.05, 3.63) is 29.8 Å². The second-order valence-electron chi connectivity index (χ2n) is 6.01. The van der Waals surface area contributed by atoms with Crippen molar-refractivity contribution in [2.45, 2.75) is 46.1 Å². The molecule has 1 heterocycles. The maximum absolute atomic E-state index is 3.69. The van der Waals surface area contributed by atoms with Gasteiger partial charge in [-0.25, -0.2) is 0 Å². The molecular weight excluding hydrogens is 232 g/mol. The summed E-state index contributed by atoms with van der Waals surface area (Å²) in [7, 11) is 0. The normalized spacial score (nSPS) is 22.2. The fourth-order valence-corrected chi connectivity index (χ4v) is 3.13. The molecule has 0 aliphatic carbocycles. The zero-order chi connectivity index (χ0) is 13.7. The van der Waals surface area contributed by atoms with Crippen LogP contribution in [-0.4, -0.2) is 30.6 Å². The lowest BCUT2D eigenvalue weighted by molar-refractivity contribution is 0.165. The van der Waals surface area contributed by atoms with Crippen LogP contribution in [0.4, 0.5) is 5.69 Å². The molecule has 2 heteroatoms. The van der Waals surface area contributed by atoms with Crippen LogP contribution in [0.25, 0.3) is 0 Å². The molecule has 0 spiro atoms. The van der Waals surface area contributed by atoms with E-state index in [0.717, 1.165) is 5.92 Å². The Balaban J connectivity index is 1.90. The highest BCUT2D eigenvalue weighted by molar-refractivity contribution is 5.46. The first kappa shape index (κ1) is 14.4. The standard InChI is InChI=1S/C17H28N2/c1-4-10-19-11-6-8-16(13-19)15(3)18-17-9-5-7-14(2)12-17/h5,7,9,12,15-16,18H,4,6,8,10-11,13H2,1-3H3. The molecule has 0 radical (unpaired) electrons. The van der Waals surface area contributed by atoms with Crippen molar-refractivity contribution in [1.29, 1.82) is 0 Å². The van der Waals surface area contributed by atoms with Gasteiger partial charge in [-0.2, -0.15) is 0 Å². The Bertz CT molecular complexity index is 387. The zero-order valence-electron chi connectivity index (χ0n) is 12.7. The Labute approximate surface area is 118 Å². The van der Waals surface area contributed by atoms with Gasteiger partial charge in [-0.05, 0) is 69.8 Å². The number of hydrogen-bond donors (Lipinski definition) is 1. The van der Waals surface area contributed by atoms with Gasteiger partial charge in [0.05, 0.1) is 0 Å². The molecule has 1 N–H and O–H groups in total. The van der Waals surface area contributed by atoms with Gasteiger partial charge in [-0.15, -0.1) is 0 Å². The zero-order valence-corrected chi connectivity index (χ0v) is 12.7. The molecule has 2 nitrogen and oxygen atoms in total. The van der Waals surface area contributed by atoms with Crippen LogP contribution in [-0.2, 0) is 0 Å².